The van der Waals surface area contributed by atoms with E-state index in [0.717, 1.165) is 12.8 Å². The third kappa shape index (κ3) is 1.25. The van der Waals surface area contributed by atoms with Gasteiger partial charge in [0.25, 0.3) is 0 Å². The zero-order valence-corrected chi connectivity index (χ0v) is 7.40. The van der Waals surface area contributed by atoms with Gasteiger partial charge in [0.15, 0.2) is 0 Å². The van der Waals surface area contributed by atoms with Crippen molar-refractivity contribution in [3.8, 4) is 0 Å². The van der Waals surface area contributed by atoms with Gasteiger partial charge in [0.2, 0.25) is 0 Å². The summed E-state index contributed by atoms with van der Waals surface area (Å²) in [5.41, 5.74) is 7.09. The number of rotatable bonds is 1. The second-order valence-corrected chi connectivity index (χ2v) is 3.67. The molecule has 2 rings (SSSR count). The van der Waals surface area contributed by atoms with Gasteiger partial charge in [-0.25, -0.2) is 4.98 Å². The molecule has 1 aromatic heterocycles. The average Bonchev–Trinajstić information content (AvgIpc) is 2.58. The lowest BCUT2D eigenvalue weighted by atomic mass is 10.2. The Labute approximate surface area is 72.6 Å². The molecule has 1 saturated carbocycles. The van der Waals surface area contributed by atoms with E-state index in [9.17, 15) is 0 Å². The van der Waals surface area contributed by atoms with E-state index >= 15 is 0 Å². The molecule has 0 aromatic carbocycles. The Balaban J connectivity index is 2.16. The summed E-state index contributed by atoms with van der Waals surface area (Å²) in [7, 11) is 0. The van der Waals surface area contributed by atoms with Gasteiger partial charge in [0.05, 0.1) is 6.33 Å². The van der Waals surface area contributed by atoms with Crippen LogP contribution in [0.25, 0.3) is 0 Å². The smallest absolute Gasteiger partial charge is 0.0950 e. The fraction of sp³-hybridized carbons (Fsp3) is 0.667. The maximum absolute atomic E-state index is 5.85. The highest BCUT2D eigenvalue weighted by Gasteiger charge is 2.23. The van der Waals surface area contributed by atoms with Crippen molar-refractivity contribution in [1.82, 2.24) is 9.55 Å². The molecule has 1 fully saturated rings. The Morgan fingerprint density at radius 1 is 1.58 bits per heavy atom. The Hall–Kier alpha value is -0.830. The first-order chi connectivity index (χ1) is 5.77. The standard InChI is InChI=1S/C9H15N3/c1-7-5-11-6-12(7)9-3-2-8(10)4-9/h5-6,8-9H,2-4,10H2,1H3. The van der Waals surface area contributed by atoms with Crippen LogP contribution in [0.1, 0.15) is 31.0 Å². The molecule has 3 heteroatoms. The minimum Gasteiger partial charge on any atom is -0.332 e. The fourth-order valence-electron chi connectivity index (χ4n) is 2.00. The minimum atomic E-state index is 0.400. The number of aryl methyl sites for hydroxylation is 1. The van der Waals surface area contributed by atoms with E-state index in [0.29, 0.717) is 12.1 Å². The lowest BCUT2D eigenvalue weighted by Crippen LogP contribution is -2.16. The lowest BCUT2D eigenvalue weighted by Gasteiger charge is -2.12. The summed E-state index contributed by atoms with van der Waals surface area (Å²) < 4.78 is 2.24. The molecule has 0 bridgehead atoms. The van der Waals surface area contributed by atoms with Crippen molar-refractivity contribution in [3.63, 3.8) is 0 Å². The van der Waals surface area contributed by atoms with Gasteiger partial charge < -0.3 is 10.3 Å². The number of imidazole rings is 1. The molecule has 0 amide bonds. The van der Waals surface area contributed by atoms with Gasteiger partial charge in [-0.15, -0.1) is 0 Å². The summed E-state index contributed by atoms with van der Waals surface area (Å²) in [6, 6.07) is 0.999. The molecule has 1 aliphatic rings. The van der Waals surface area contributed by atoms with E-state index in [1.807, 2.05) is 12.5 Å². The van der Waals surface area contributed by atoms with Crippen LogP contribution in [0.5, 0.6) is 0 Å². The van der Waals surface area contributed by atoms with Crippen molar-refractivity contribution >= 4 is 0 Å². The van der Waals surface area contributed by atoms with Crippen LogP contribution in [0, 0.1) is 6.92 Å². The Bertz CT molecular complexity index is 266. The van der Waals surface area contributed by atoms with Crippen LogP contribution in [-0.4, -0.2) is 15.6 Å². The summed E-state index contributed by atoms with van der Waals surface area (Å²) in [5, 5.41) is 0. The van der Waals surface area contributed by atoms with Crippen molar-refractivity contribution in [2.45, 2.75) is 38.3 Å². The van der Waals surface area contributed by atoms with Crippen LogP contribution in [0.15, 0.2) is 12.5 Å². The summed E-state index contributed by atoms with van der Waals surface area (Å²) in [6.45, 7) is 2.09. The molecule has 0 saturated heterocycles. The van der Waals surface area contributed by atoms with Crippen molar-refractivity contribution in [1.29, 1.82) is 0 Å². The topological polar surface area (TPSA) is 43.8 Å². The highest BCUT2D eigenvalue weighted by molar-refractivity contribution is 4.99. The van der Waals surface area contributed by atoms with Crippen LogP contribution < -0.4 is 5.73 Å². The van der Waals surface area contributed by atoms with Crippen molar-refractivity contribution in [3.05, 3.63) is 18.2 Å². The lowest BCUT2D eigenvalue weighted by molar-refractivity contribution is 0.500. The number of aromatic nitrogens is 2. The minimum absolute atomic E-state index is 0.400. The quantitative estimate of drug-likeness (QED) is 0.680. The van der Waals surface area contributed by atoms with E-state index in [4.69, 9.17) is 5.73 Å². The van der Waals surface area contributed by atoms with E-state index in [1.165, 1.54) is 12.1 Å². The molecular formula is C9H15N3. The van der Waals surface area contributed by atoms with Crippen LogP contribution in [-0.2, 0) is 0 Å². The van der Waals surface area contributed by atoms with Gasteiger partial charge in [0, 0.05) is 24.0 Å². The first-order valence-electron chi connectivity index (χ1n) is 4.51. The van der Waals surface area contributed by atoms with Crippen molar-refractivity contribution in [2.75, 3.05) is 0 Å². The van der Waals surface area contributed by atoms with Crippen LogP contribution in [0.4, 0.5) is 0 Å². The fourth-order valence-corrected chi connectivity index (χ4v) is 2.00. The van der Waals surface area contributed by atoms with Crippen LogP contribution in [0.3, 0.4) is 0 Å². The number of hydrogen-bond donors (Lipinski definition) is 1. The van der Waals surface area contributed by atoms with Gasteiger partial charge in [-0.2, -0.15) is 0 Å². The monoisotopic (exact) mass is 165 g/mol. The first kappa shape index (κ1) is 7.80. The van der Waals surface area contributed by atoms with E-state index in [2.05, 4.69) is 16.5 Å². The molecule has 0 radical (unpaired) electrons. The van der Waals surface area contributed by atoms with Gasteiger partial charge in [0.1, 0.15) is 0 Å². The first-order valence-corrected chi connectivity index (χ1v) is 4.51. The summed E-state index contributed by atoms with van der Waals surface area (Å²) in [6.07, 6.45) is 7.29. The normalized spacial score (nSPS) is 29.5. The van der Waals surface area contributed by atoms with Crippen LogP contribution >= 0.6 is 0 Å². The molecule has 66 valence electrons. The third-order valence-electron chi connectivity index (χ3n) is 2.70. The van der Waals surface area contributed by atoms with Gasteiger partial charge in [-0.1, -0.05) is 0 Å². The molecule has 2 atom stereocenters. The molecular weight excluding hydrogens is 150 g/mol. The molecule has 0 aliphatic heterocycles. The van der Waals surface area contributed by atoms with E-state index in [1.54, 1.807) is 0 Å². The number of nitrogens with zero attached hydrogens (tertiary/aromatic N) is 2. The Morgan fingerprint density at radius 2 is 2.42 bits per heavy atom. The molecule has 1 heterocycles. The Morgan fingerprint density at radius 3 is 2.92 bits per heavy atom. The molecule has 1 aromatic rings. The highest BCUT2D eigenvalue weighted by Crippen LogP contribution is 2.29. The van der Waals surface area contributed by atoms with Crippen molar-refractivity contribution < 1.29 is 0 Å². The largest absolute Gasteiger partial charge is 0.332 e. The second-order valence-electron chi connectivity index (χ2n) is 3.67. The molecule has 3 nitrogen and oxygen atoms in total. The predicted octanol–water partition coefficient (Wildman–Crippen LogP) is 1.24. The molecule has 12 heavy (non-hydrogen) atoms. The summed E-state index contributed by atoms with van der Waals surface area (Å²) in [5.74, 6) is 0. The van der Waals surface area contributed by atoms with Crippen LogP contribution in [0.2, 0.25) is 0 Å². The molecule has 0 spiro atoms. The SMILES string of the molecule is Cc1cncn1C1CCC(N)C1. The maximum Gasteiger partial charge on any atom is 0.0950 e. The number of nitrogens with two attached hydrogens (primary N) is 1. The third-order valence-corrected chi connectivity index (χ3v) is 2.70. The average molecular weight is 165 g/mol. The zero-order chi connectivity index (χ0) is 8.55. The number of hydrogen-bond acceptors (Lipinski definition) is 2. The molecule has 2 N–H and O–H groups in total. The Kier molecular flexibility index (Phi) is 1.89. The highest BCUT2D eigenvalue weighted by atomic mass is 15.1. The molecule has 2 unspecified atom stereocenters. The van der Waals surface area contributed by atoms with Gasteiger partial charge in [-0.05, 0) is 26.2 Å². The van der Waals surface area contributed by atoms with Crippen molar-refractivity contribution in [2.24, 2.45) is 5.73 Å². The maximum atomic E-state index is 5.85. The van der Waals surface area contributed by atoms with Gasteiger partial charge in [-0.3, -0.25) is 0 Å². The van der Waals surface area contributed by atoms with Gasteiger partial charge >= 0.3 is 0 Å². The van der Waals surface area contributed by atoms with E-state index in [-0.39, 0.29) is 0 Å². The second kappa shape index (κ2) is 2.90. The summed E-state index contributed by atoms with van der Waals surface area (Å²) in [4.78, 5) is 4.11. The predicted molar refractivity (Wildman–Crippen MR) is 47.8 cm³/mol. The summed E-state index contributed by atoms with van der Waals surface area (Å²) >= 11 is 0. The molecule has 1 aliphatic carbocycles. The zero-order valence-electron chi connectivity index (χ0n) is 7.40. The van der Waals surface area contributed by atoms with E-state index < -0.39 is 0 Å².